The minimum absolute atomic E-state index is 0.0838. The molecule has 0 spiro atoms. The van der Waals surface area contributed by atoms with Gasteiger partial charge >= 0.3 is 161 Å². The van der Waals surface area contributed by atoms with E-state index in [1.807, 2.05) is 18.2 Å². The number of nitrogens with zero attached hydrogens (tertiary/aromatic N) is 2. The van der Waals surface area contributed by atoms with Crippen molar-refractivity contribution in [3.63, 3.8) is 0 Å². The Morgan fingerprint density at radius 2 is 2.19 bits per heavy atom. The van der Waals surface area contributed by atoms with E-state index in [0.717, 1.165) is 28.5 Å². The number of para-hydroxylation sites is 1. The number of pyridine rings is 1. The topological polar surface area (TPSA) is 82.9 Å². The second kappa shape index (κ2) is 8.10. The van der Waals surface area contributed by atoms with Crippen molar-refractivity contribution in [2.45, 2.75) is 25.4 Å². The Morgan fingerprint density at radius 3 is 2.88 bits per heavy atom. The number of ether oxygens (including phenoxy) is 1. The molecule has 136 valence electrons. The molecule has 1 amide bonds. The van der Waals surface area contributed by atoms with Gasteiger partial charge in [0.15, 0.2) is 0 Å². The molecular weight excluding hydrogens is 395 g/mol. The first kappa shape index (κ1) is 18.7. The Morgan fingerprint density at radius 1 is 1.42 bits per heavy atom. The molecule has 2 N–H and O–H groups in total. The molecule has 2 aromatic rings. The molecule has 1 atom stereocenters. The summed E-state index contributed by atoms with van der Waals surface area (Å²) in [5.74, 6) is 0.258. The first-order chi connectivity index (χ1) is 12.5. The third-order valence-corrected chi connectivity index (χ3v) is 5.51. The van der Waals surface area contributed by atoms with Gasteiger partial charge < -0.3 is 0 Å². The molecule has 1 aromatic carbocycles. The molecule has 1 fully saturated rings. The Labute approximate surface area is 161 Å². The second-order valence-corrected chi connectivity index (χ2v) is 7.31. The van der Waals surface area contributed by atoms with Crippen LogP contribution in [0.1, 0.15) is 29.9 Å². The van der Waals surface area contributed by atoms with Crippen LogP contribution in [0, 0.1) is 0 Å². The van der Waals surface area contributed by atoms with Crippen LogP contribution in [0.3, 0.4) is 0 Å². The zero-order chi connectivity index (χ0) is 18.7. The van der Waals surface area contributed by atoms with Crippen molar-refractivity contribution >= 4 is 27.4 Å². The van der Waals surface area contributed by atoms with Gasteiger partial charge in [-0.1, -0.05) is 0 Å². The van der Waals surface area contributed by atoms with E-state index in [1.165, 1.54) is 4.90 Å². The number of carbonyl (C=O) groups is 1. The van der Waals surface area contributed by atoms with E-state index >= 15 is 0 Å². The van der Waals surface area contributed by atoms with Crippen molar-refractivity contribution < 1.29 is 19.7 Å². The molecule has 3 rings (SSSR count). The number of aromatic hydroxyl groups is 1. The zero-order valence-corrected chi connectivity index (χ0v) is 16.4. The van der Waals surface area contributed by atoms with Gasteiger partial charge in [0.1, 0.15) is 0 Å². The molecule has 0 aliphatic carbocycles. The summed E-state index contributed by atoms with van der Waals surface area (Å²) in [5, 5.41) is 19.5. The molecular formula is C19H21AsN2O4. The van der Waals surface area contributed by atoms with Gasteiger partial charge in [0.2, 0.25) is 0 Å². The summed E-state index contributed by atoms with van der Waals surface area (Å²) in [4.78, 5) is 17.5. The molecule has 1 aliphatic rings. The van der Waals surface area contributed by atoms with Crippen LogP contribution in [-0.4, -0.2) is 63.2 Å². The number of methoxy groups -OCH3 is 1. The molecule has 2 radical (unpaired) electrons. The number of piperidine rings is 1. The Hall–Kier alpha value is -2.04. The van der Waals surface area contributed by atoms with Crippen LogP contribution >= 0.6 is 0 Å². The van der Waals surface area contributed by atoms with Crippen LogP contribution in [0.15, 0.2) is 30.3 Å². The van der Waals surface area contributed by atoms with Crippen molar-refractivity contribution in [1.29, 1.82) is 0 Å². The van der Waals surface area contributed by atoms with Crippen molar-refractivity contribution in [3.05, 3.63) is 41.5 Å². The standard InChI is InChI=1S/C19H21AsN2O4/c1-26-11-15-14(12-5-4-8-22(10-12)19(24)25)9-16(21-18(15)20)13-6-2-3-7-17(13)23/h2-3,6-7,9,12,23H,4-5,8,10-11H2,1H3,(H,24,25). The maximum absolute atomic E-state index is 11.4. The number of amides is 1. The fourth-order valence-corrected chi connectivity index (χ4v) is 4.10. The normalized spacial score (nSPS) is 17.3. The van der Waals surface area contributed by atoms with E-state index in [4.69, 9.17) is 4.74 Å². The molecule has 26 heavy (non-hydrogen) atoms. The number of phenols is 1. The third-order valence-electron chi connectivity index (χ3n) is 4.74. The van der Waals surface area contributed by atoms with E-state index in [2.05, 4.69) is 21.8 Å². The maximum atomic E-state index is 11.4. The number of hydrogen-bond acceptors (Lipinski definition) is 4. The molecule has 0 saturated carbocycles. The van der Waals surface area contributed by atoms with Gasteiger partial charge in [-0.25, -0.2) is 0 Å². The number of aromatic nitrogens is 1. The minimum atomic E-state index is -0.884. The number of carboxylic acid groups (broad SMARTS) is 1. The average molecular weight is 416 g/mol. The summed E-state index contributed by atoms with van der Waals surface area (Å²) in [6.45, 7) is 1.44. The summed E-state index contributed by atoms with van der Waals surface area (Å²) in [6.07, 6.45) is 0.855. The predicted molar refractivity (Wildman–Crippen MR) is 99.0 cm³/mol. The average Bonchev–Trinajstić information content (AvgIpc) is 2.64. The van der Waals surface area contributed by atoms with Gasteiger partial charge in [-0.2, -0.15) is 0 Å². The second-order valence-electron chi connectivity index (χ2n) is 6.42. The molecule has 7 heteroatoms. The van der Waals surface area contributed by atoms with E-state index < -0.39 is 6.09 Å². The quantitative estimate of drug-likeness (QED) is 0.748. The number of likely N-dealkylation sites (tertiary alicyclic amines) is 1. The van der Waals surface area contributed by atoms with Crippen LogP contribution in [0.2, 0.25) is 0 Å². The van der Waals surface area contributed by atoms with E-state index in [0.29, 0.717) is 31.0 Å². The first-order valence-electron chi connectivity index (χ1n) is 8.49. The summed E-state index contributed by atoms with van der Waals surface area (Å²) < 4.78 is 6.13. The third kappa shape index (κ3) is 3.86. The Bertz CT molecular complexity index is 812. The van der Waals surface area contributed by atoms with E-state index in [9.17, 15) is 15.0 Å². The summed E-state index contributed by atoms with van der Waals surface area (Å²) in [5.41, 5.74) is 3.36. The molecule has 1 unspecified atom stereocenters. The first-order valence-corrected chi connectivity index (χ1v) is 9.43. The van der Waals surface area contributed by atoms with Crippen LogP contribution in [-0.2, 0) is 11.3 Å². The summed E-state index contributed by atoms with van der Waals surface area (Å²) in [7, 11) is 1.64. The van der Waals surface area contributed by atoms with Crippen molar-refractivity contribution in [2.75, 3.05) is 20.2 Å². The molecule has 1 aromatic heterocycles. The summed E-state index contributed by atoms with van der Waals surface area (Å²) >= 11 is 2.46. The van der Waals surface area contributed by atoms with E-state index in [-0.39, 0.29) is 11.7 Å². The van der Waals surface area contributed by atoms with Crippen LogP contribution in [0.5, 0.6) is 5.75 Å². The molecule has 0 bridgehead atoms. The van der Waals surface area contributed by atoms with Gasteiger partial charge in [-0.3, -0.25) is 0 Å². The van der Waals surface area contributed by atoms with Crippen molar-refractivity contribution in [3.8, 4) is 17.0 Å². The number of hydrogen-bond donors (Lipinski definition) is 2. The van der Waals surface area contributed by atoms with Crippen LogP contribution < -0.4 is 4.48 Å². The number of phenolic OH excluding ortho intramolecular Hbond substituents is 1. The monoisotopic (exact) mass is 416 g/mol. The van der Waals surface area contributed by atoms with E-state index in [1.54, 1.807) is 19.2 Å². The molecule has 2 heterocycles. The fourth-order valence-electron chi connectivity index (χ4n) is 3.47. The van der Waals surface area contributed by atoms with Gasteiger partial charge in [0, 0.05) is 0 Å². The van der Waals surface area contributed by atoms with Gasteiger partial charge in [-0.15, -0.1) is 0 Å². The SMILES string of the molecule is COCc1c(C2CCCN(C(=O)O)C2)cc(-c2ccccc2O)nc1[As]. The predicted octanol–water partition coefficient (Wildman–Crippen LogP) is 2.25. The van der Waals surface area contributed by atoms with Crippen molar-refractivity contribution in [1.82, 2.24) is 9.88 Å². The number of rotatable bonds is 4. The molecule has 1 aliphatic heterocycles. The molecule has 1 saturated heterocycles. The fraction of sp³-hybridized carbons (Fsp3) is 0.368. The van der Waals surface area contributed by atoms with Gasteiger partial charge in [-0.05, 0) is 0 Å². The van der Waals surface area contributed by atoms with Gasteiger partial charge in [0.05, 0.1) is 0 Å². The molecule has 6 nitrogen and oxygen atoms in total. The Balaban J connectivity index is 2.06. The van der Waals surface area contributed by atoms with Crippen molar-refractivity contribution in [2.24, 2.45) is 0 Å². The number of benzene rings is 1. The summed E-state index contributed by atoms with van der Waals surface area (Å²) in [6, 6.07) is 9.06. The van der Waals surface area contributed by atoms with Crippen LogP contribution in [0.25, 0.3) is 11.3 Å². The van der Waals surface area contributed by atoms with Crippen LogP contribution in [0.4, 0.5) is 4.79 Å². The zero-order valence-electron chi connectivity index (χ0n) is 14.6. The van der Waals surface area contributed by atoms with Gasteiger partial charge in [0.25, 0.3) is 0 Å². The Kier molecular flexibility index (Phi) is 5.84.